The van der Waals surface area contributed by atoms with Gasteiger partial charge in [0, 0.05) is 12.8 Å². The van der Waals surface area contributed by atoms with Gasteiger partial charge in [0.05, 0.1) is 10.5 Å². The average Bonchev–Trinajstić information content (AvgIpc) is 2.44. The molecule has 6 heteroatoms. The molecule has 24 heavy (non-hydrogen) atoms. The summed E-state index contributed by atoms with van der Waals surface area (Å²) in [7, 11) is -1.75. The molecule has 132 valence electrons. The number of rotatable bonds is 7. The topological polar surface area (TPSA) is 65.3 Å². The Morgan fingerprint density at radius 1 is 1.46 bits per heavy atom. The molecule has 0 atom stereocenters. The minimum absolute atomic E-state index is 0.00608. The van der Waals surface area contributed by atoms with Crippen LogP contribution in [0.1, 0.15) is 45.4 Å². The van der Waals surface area contributed by atoms with Crippen molar-refractivity contribution in [1.29, 1.82) is 0 Å². The van der Waals surface area contributed by atoms with Gasteiger partial charge in [0.25, 0.3) is 0 Å². The van der Waals surface area contributed by atoms with Gasteiger partial charge in [-0.2, -0.15) is 0 Å². The fourth-order valence-electron chi connectivity index (χ4n) is 1.92. The molecule has 0 bridgehead atoms. The van der Waals surface area contributed by atoms with Gasteiger partial charge in [-0.15, -0.1) is 0 Å². The second kappa shape index (κ2) is 7.85. The van der Waals surface area contributed by atoms with Gasteiger partial charge in [-0.05, 0) is 43.1 Å². The Morgan fingerprint density at radius 3 is 2.58 bits per heavy atom. The Morgan fingerprint density at radius 2 is 2.08 bits per heavy atom. The summed E-state index contributed by atoms with van der Waals surface area (Å²) in [6.45, 7) is 17.1. The number of allylic oxidation sites excluding steroid dienone is 1. The van der Waals surface area contributed by atoms with Crippen molar-refractivity contribution in [3.05, 3.63) is 46.3 Å². The van der Waals surface area contributed by atoms with Gasteiger partial charge in [-0.3, -0.25) is 10.1 Å². The molecule has 0 aliphatic heterocycles. The zero-order valence-corrected chi connectivity index (χ0v) is 16.5. The van der Waals surface area contributed by atoms with Crippen LogP contribution in [0.25, 0.3) is 11.6 Å². The highest BCUT2D eigenvalue weighted by atomic mass is 28.4. The number of nitrogens with zero attached hydrogens (tertiary/aromatic N) is 2. The molecule has 0 amide bonds. The average molecular weight is 349 g/mol. The lowest BCUT2D eigenvalue weighted by Crippen LogP contribution is -2.40. The maximum absolute atomic E-state index is 11.3. The second-order valence-electron chi connectivity index (χ2n) is 7.43. The summed E-state index contributed by atoms with van der Waals surface area (Å²) in [5.41, 5.74) is 1.46. The lowest BCUT2D eigenvalue weighted by molar-refractivity contribution is -0.385. The van der Waals surface area contributed by atoms with E-state index in [-0.39, 0.29) is 10.7 Å². The van der Waals surface area contributed by atoms with Crippen LogP contribution in [0.3, 0.4) is 0 Å². The van der Waals surface area contributed by atoms with Gasteiger partial charge >= 0.3 is 5.69 Å². The molecule has 1 rings (SSSR count). The third kappa shape index (κ3) is 5.11. The standard InChI is InChI=1S/C18H28N2O3Si/c1-14(2)16-17(20(21)22)15(11-12-19-16)10-8-9-13-23-24(6,7)18(3,4)5/h8,10-12H,1,9,13H2,2-7H3/b10-8+. The SMILES string of the molecule is C=C(C)c1nccc(/C=C/CCO[Si](C)(C)C(C)(C)C)c1[N+](=O)[O-]. The Balaban J connectivity index is 2.81. The third-order valence-corrected chi connectivity index (χ3v) is 8.93. The van der Waals surface area contributed by atoms with E-state index in [0.29, 0.717) is 29.9 Å². The summed E-state index contributed by atoms with van der Waals surface area (Å²) in [6, 6.07) is 1.65. The van der Waals surface area contributed by atoms with Gasteiger partial charge in [0.2, 0.25) is 0 Å². The highest BCUT2D eigenvalue weighted by Crippen LogP contribution is 2.36. The normalized spacial score (nSPS) is 12.6. The Bertz CT molecular complexity index is 646. The molecule has 0 saturated heterocycles. The lowest BCUT2D eigenvalue weighted by Gasteiger charge is -2.36. The van der Waals surface area contributed by atoms with Crippen molar-refractivity contribution in [2.24, 2.45) is 0 Å². The van der Waals surface area contributed by atoms with Crippen molar-refractivity contribution in [3.8, 4) is 0 Å². The molecule has 0 saturated carbocycles. The van der Waals surface area contributed by atoms with Crippen LogP contribution in [-0.4, -0.2) is 24.8 Å². The fourth-order valence-corrected chi connectivity index (χ4v) is 2.98. The maximum Gasteiger partial charge on any atom is 0.302 e. The third-order valence-electron chi connectivity index (χ3n) is 4.39. The van der Waals surface area contributed by atoms with Crippen LogP contribution in [0.5, 0.6) is 0 Å². The summed E-state index contributed by atoms with van der Waals surface area (Å²) >= 11 is 0. The molecule has 0 unspecified atom stereocenters. The number of nitro groups is 1. The van der Waals surface area contributed by atoms with E-state index in [9.17, 15) is 10.1 Å². The van der Waals surface area contributed by atoms with Crippen LogP contribution < -0.4 is 0 Å². The van der Waals surface area contributed by atoms with Gasteiger partial charge in [0.1, 0.15) is 5.69 Å². The number of hydrogen-bond donors (Lipinski definition) is 0. The summed E-state index contributed by atoms with van der Waals surface area (Å²) in [5.74, 6) is 0. The first kappa shape index (κ1) is 20.3. The molecule has 0 aromatic carbocycles. The zero-order chi connectivity index (χ0) is 18.5. The van der Waals surface area contributed by atoms with E-state index in [1.54, 1.807) is 25.3 Å². The summed E-state index contributed by atoms with van der Waals surface area (Å²) in [6.07, 6.45) is 5.97. The first-order chi connectivity index (χ1) is 11.0. The van der Waals surface area contributed by atoms with Crippen molar-refractivity contribution in [3.63, 3.8) is 0 Å². The van der Waals surface area contributed by atoms with Gasteiger partial charge in [-0.25, -0.2) is 4.98 Å². The van der Waals surface area contributed by atoms with Gasteiger partial charge in [0.15, 0.2) is 8.32 Å². The Hall–Kier alpha value is -1.79. The van der Waals surface area contributed by atoms with Crippen molar-refractivity contribution < 1.29 is 9.35 Å². The zero-order valence-electron chi connectivity index (χ0n) is 15.5. The number of hydrogen-bond acceptors (Lipinski definition) is 4. The fraction of sp³-hybridized carbons (Fsp3) is 0.500. The molecule has 5 nitrogen and oxygen atoms in total. The van der Waals surface area contributed by atoms with E-state index in [1.165, 1.54) is 0 Å². The van der Waals surface area contributed by atoms with Crippen LogP contribution in [0.4, 0.5) is 5.69 Å². The van der Waals surface area contributed by atoms with E-state index in [0.717, 1.165) is 0 Å². The summed E-state index contributed by atoms with van der Waals surface area (Å²) in [4.78, 5) is 15.0. The van der Waals surface area contributed by atoms with Crippen molar-refractivity contribution >= 4 is 25.7 Å². The van der Waals surface area contributed by atoms with Crippen LogP contribution >= 0.6 is 0 Å². The summed E-state index contributed by atoms with van der Waals surface area (Å²) in [5, 5.41) is 11.5. The molecule has 0 fully saturated rings. The second-order valence-corrected chi connectivity index (χ2v) is 12.2. The molecule has 0 N–H and O–H groups in total. The molecule has 1 aromatic rings. The first-order valence-corrected chi connectivity index (χ1v) is 11.0. The van der Waals surface area contributed by atoms with E-state index in [2.05, 4.69) is 45.4 Å². The molecular weight excluding hydrogens is 320 g/mol. The largest absolute Gasteiger partial charge is 0.417 e. The smallest absolute Gasteiger partial charge is 0.302 e. The number of aromatic nitrogens is 1. The highest BCUT2D eigenvalue weighted by Gasteiger charge is 2.36. The van der Waals surface area contributed by atoms with Crippen LogP contribution in [0.2, 0.25) is 18.1 Å². The molecular formula is C18H28N2O3Si. The molecule has 0 spiro atoms. The minimum Gasteiger partial charge on any atom is -0.417 e. The minimum atomic E-state index is -1.75. The molecule has 0 radical (unpaired) electrons. The summed E-state index contributed by atoms with van der Waals surface area (Å²) < 4.78 is 6.10. The van der Waals surface area contributed by atoms with E-state index in [1.807, 2.05) is 6.08 Å². The Labute approximate surface area is 145 Å². The van der Waals surface area contributed by atoms with Crippen LogP contribution in [-0.2, 0) is 4.43 Å². The van der Waals surface area contributed by atoms with Crippen molar-refractivity contribution in [1.82, 2.24) is 4.98 Å². The van der Waals surface area contributed by atoms with E-state index in [4.69, 9.17) is 4.43 Å². The van der Waals surface area contributed by atoms with Crippen LogP contribution in [0.15, 0.2) is 24.9 Å². The van der Waals surface area contributed by atoms with Crippen LogP contribution in [0, 0.1) is 10.1 Å². The quantitative estimate of drug-likeness (QED) is 0.284. The first-order valence-electron chi connectivity index (χ1n) is 8.07. The van der Waals surface area contributed by atoms with Crippen molar-refractivity contribution in [2.45, 2.75) is 52.2 Å². The highest BCUT2D eigenvalue weighted by molar-refractivity contribution is 6.74. The lowest BCUT2D eigenvalue weighted by atomic mass is 10.1. The maximum atomic E-state index is 11.3. The predicted molar refractivity (Wildman–Crippen MR) is 102 cm³/mol. The van der Waals surface area contributed by atoms with Gasteiger partial charge in [-0.1, -0.05) is 39.5 Å². The number of pyridine rings is 1. The van der Waals surface area contributed by atoms with Gasteiger partial charge < -0.3 is 4.43 Å². The molecule has 1 aromatic heterocycles. The van der Waals surface area contributed by atoms with Crippen molar-refractivity contribution in [2.75, 3.05) is 6.61 Å². The van der Waals surface area contributed by atoms with E-state index >= 15 is 0 Å². The molecule has 0 aliphatic rings. The van der Waals surface area contributed by atoms with E-state index < -0.39 is 13.2 Å². The predicted octanol–water partition coefficient (Wildman–Crippen LogP) is 5.45. The Kier molecular flexibility index (Phi) is 6.63. The monoisotopic (exact) mass is 348 g/mol. The molecule has 1 heterocycles. The molecule has 0 aliphatic carbocycles.